The molecule has 0 saturated carbocycles. The van der Waals surface area contributed by atoms with Crippen molar-refractivity contribution in [2.45, 2.75) is 45.1 Å². The van der Waals surface area contributed by atoms with E-state index >= 15 is 0 Å². The molecule has 0 saturated heterocycles. The quantitative estimate of drug-likeness (QED) is 0.805. The van der Waals surface area contributed by atoms with Gasteiger partial charge in [0.25, 0.3) is 0 Å². The van der Waals surface area contributed by atoms with Crippen molar-refractivity contribution in [3.8, 4) is 5.75 Å². The second kappa shape index (κ2) is 7.29. The third-order valence-electron chi connectivity index (χ3n) is 4.12. The van der Waals surface area contributed by atoms with Crippen LogP contribution in [0.3, 0.4) is 0 Å². The molecule has 1 amide bonds. The Morgan fingerprint density at radius 1 is 1.40 bits per heavy atom. The standard InChI is InChI=1S/C16H26N2O2/c1-5-16(6-2,11-17)18-15(19)12(3)13-8-7-9-14(10-13)20-4/h7-10,12H,5-6,11,17H2,1-4H3,(H,18,19). The van der Waals surface area contributed by atoms with Crippen molar-refractivity contribution in [1.82, 2.24) is 5.32 Å². The molecule has 0 spiro atoms. The van der Waals surface area contributed by atoms with Gasteiger partial charge >= 0.3 is 0 Å². The monoisotopic (exact) mass is 278 g/mol. The first-order valence-corrected chi connectivity index (χ1v) is 7.18. The fourth-order valence-corrected chi connectivity index (χ4v) is 2.20. The largest absolute Gasteiger partial charge is 0.497 e. The molecule has 1 unspecified atom stereocenters. The van der Waals surface area contributed by atoms with Crippen LogP contribution in [-0.4, -0.2) is 25.1 Å². The summed E-state index contributed by atoms with van der Waals surface area (Å²) in [5.41, 5.74) is 6.47. The number of nitrogens with two attached hydrogens (primary N) is 1. The molecule has 3 N–H and O–H groups in total. The van der Waals surface area contributed by atoms with E-state index in [2.05, 4.69) is 5.32 Å². The molecule has 1 rings (SSSR count). The number of hydrogen-bond acceptors (Lipinski definition) is 3. The van der Waals surface area contributed by atoms with Crippen molar-refractivity contribution < 1.29 is 9.53 Å². The normalized spacial score (nSPS) is 12.8. The molecule has 112 valence electrons. The van der Waals surface area contributed by atoms with Crippen molar-refractivity contribution in [2.24, 2.45) is 5.73 Å². The molecule has 0 aliphatic carbocycles. The minimum absolute atomic E-state index is 0.00685. The van der Waals surface area contributed by atoms with Crippen molar-refractivity contribution >= 4 is 5.91 Å². The minimum Gasteiger partial charge on any atom is -0.497 e. The van der Waals surface area contributed by atoms with Crippen molar-refractivity contribution in [3.05, 3.63) is 29.8 Å². The van der Waals surface area contributed by atoms with Gasteiger partial charge in [0, 0.05) is 6.54 Å². The van der Waals surface area contributed by atoms with E-state index in [1.165, 1.54) is 0 Å². The SMILES string of the molecule is CCC(CC)(CN)NC(=O)C(C)c1cccc(OC)c1. The van der Waals surface area contributed by atoms with Crippen LogP contribution in [0.2, 0.25) is 0 Å². The average molecular weight is 278 g/mol. The number of ether oxygens (including phenoxy) is 1. The molecule has 0 fully saturated rings. The Hall–Kier alpha value is -1.55. The van der Waals surface area contributed by atoms with E-state index < -0.39 is 0 Å². The van der Waals surface area contributed by atoms with E-state index in [1.54, 1.807) is 7.11 Å². The lowest BCUT2D eigenvalue weighted by Crippen LogP contribution is -2.53. The van der Waals surface area contributed by atoms with Crippen LogP contribution in [0.4, 0.5) is 0 Å². The summed E-state index contributed by atoms with van der Waals surface area (Å²) in [6.45, 7) is 6.45. The van der Waals surface area contributed by atoms with Crippen molar-refractivity contribution in [3.63, 3.8) is 0 Å². The Labute approximate surface area is 121 Å². The summed E-state index contributed by atoms with van der Waals surface area (Å²) < 4.78 is 5.20. The van der Waals surface area contributed by atoms with Gasteiger partial charge in [-0.2, -0.15) is 0 Å². The van der Waals surface area contributed by atoms with Crippen LogP contribution in [0.15, 0.2) is 24.3 Å². The lowest BCUT2D eigenvalue weighted by Gasteiger charge is -2.32. The molecular formula is C16H26N2O2. The van der Waals surface area contributed by atoms with Gasteiger partial charge in [0.1, 0.15) is 5.75 Å². The zero-order valence-electron chi connectivity index (χ0n) is 12.9. The van der Waals surface area contributed by atoms with Gasteiger partial charge in [0.05, 0.1) is 18.6 Å². The summed E-state index contributed by atoms with van der Waals surface area (Å²) in [5, 5.41) is 3.11. The Kier molecular flexibility index (Phi) is 6.02. The van der Waals surface area contributed by atoms with Crippen LogP contribution in [0.1, 0.15) is 45.1 Å². The third kappa shape index (κ3) is 3.73. The van der Waals surface area contributed by atoms with Gasteiger partial charge in [-0.1, -0.05) is 26.0 Å². The molecule has 1 aromatic carbocycles. The maximum atomic E-state index is 12.4. The number of carbonyl (C=O) groups excluding carboxylic acids is 1. The Morgan fingerprint density at radius 2 is 2.05 bits per heavy atom. The maximum Gasteiger partial charge on any atom is 0.227 e. The highest BCUT2D eigenvalue weighted by Gasteiger charge is 2.28. The lowest BCUT2D eigenvalue weighted by atomic mass is 9.91. The number of amides is 1. The molecule has 0 radical (unpaired) electrons. The number of methoxy groups -OCH3 is 1. The van der Waals surface area contributed by atoms with Crippen LogP contribution in [-0.2, 0) is 4.79 Å². The second-order valence-corrected chi connectivity index (χ2v) is 5.18. The first-order chi connectivity index (χ1) is 9.51. The van der Waals surface area contributed by atoms with E-state index in [1.807, 2.05) is 45.0 Å². The predicted octanol–water partition coefficient (Wildman–Crippen LogP) is 2.43. The van der Waals surface area contributed by atoms with Gasteiger partial charge in [0.2, 0.25) is 5.91 Å². The molecule has 1 aromatic rings. The fraction of sp³-hybridized carbons (Fsp3) is 0.562. The van der Waals surface area contributed by atoms with Crippen molar-refractivity contribution in [2.75, 3.05) is 13.7 Å². The molecule has 20 heavy (non-hydrogen) atoms. The van der Waals surface area contributed by atoms with E-state index in [0.29, 0.717) is 6.54 Å². The summed E-state index contributed by atoms with van der Waals surface area (Å²) in [7, 11) is 1.62. The van der Waals surface area contributed by atoms with E-state index in [0.717, 1.165) is 24.2 Å². The van der Waals surface area contributed by atoms with Gasteiger partial charge in [-0.25, -0.2) is 0 Å². The predicted molar refractivity (Wildman–Crippen MR) is 81.9 cm³/mol. The zero-order valence-corrected chi connectivity index (χ0v) is 12.9. The van der Waals surface area contributed by atoms with E-state index in [-0.39, 0.29) is 17.4 Å². The highest BCUT2D eigenvalue weighted by atomic mass is 16.5. The van der Waals surface area contributed by atoms with Gasteiger partial charge < -0.3 is 15.8 Å². The smallest absolute Gasteiger partial charge is 0.227 e. The Bertz CT molecular complexity index is 434. The zero-order chi connectivity index (χ0) is 15.2. The van der Waals surface area contributed by atoms with Crippen LogP contribution < -0.4 is 15.8 Å². The van der Waals surface area contributed by atoms with Crippen LogP contribution in [0, 0.1) is 0 Å². The summed E-state index contributed by atoms with van der Waals surface area (Å²) in [5.74, 6) is 0.541. The van der Waals surface area contributed by atoms with Crippen LogP contribution in [0.25, 0.3) is 0 Å². The number of hydrogen-bond donors (Lipinski definition) is 2. The highest BCUT2D eigenvalue weighted by Crippen LogP contribution is 2.22. The number of rotatable bonds is 7. The molecule has 0 aromatic heterocycles. The number of nitrogens with one attached hydrogen (secondary N) is 1. The summed E-state index contributed by atoms with van der Waals surface area (Å²) >= 11 is 0. The summed E-state index contributed by atoms with van der Waals surface area (Å²) in [6, 6.07) is 7.60. The van der Waals surface area contributed by atoms with Gasteiger partial charge in [-0.05, 0) is 37.5 Å². The molecule has 0 aliphatic heterocycles. The number of benzene rings is 1. The Morgan fingerprint density at radius 3 is 2.55 bits per heavy atom. The first-order valence-electron chi connectivity index (χ1n) is 7.18. The molecule has 0 heterocycles. The van der Waals surface area contributed by atoms with E-state index in [4.69, 9.17) is 10.5 Å². The summed E-state index contributed by atoms with van der Waals surface area (Å²) in [6.07, 6.45) is 1.66. The molecular weight excluding hydrogens is 252 g/mol. The molecule has 0 bridgehead atoms. The summed E-state index contributed by atoms with van der Waals surface area (Å²) in [4.78, 5) is 12.4. The van der Waals surface area contributed by atoms with Crippen LogP contribution in [0.5, 0.6) is 5.75 Å². The maximum absolute atomic E-state index is 12.4. The van der Waals surface area contributed by atoms with Gasteiger partial charge in [-0.15, -0.1) is 0 Å². The van der Waals surface area contributed by atoms with Crippen molar-refractivity contribution in [1.29, 1.82) is 0 Å². The van der Waals surface area contributed by atoms with Crippen LogP contribution >= 0.6 is 0 Å². The highest BCUT2D eigenvalue weighted by molar-refractivity contribution is 5.84. The average Bonchev–Trinajstić information content (AvgIpc) is 2.51. The fourth-order valence-electron chi connectivity index (χ4n) is 2.20. The Balaban J connectivity index is 2.85. The van der Waals surface area contributed by atoms with E-state index in [9.17, 15) is 4.79 Å². The number of carbonyl (C=O) groups is 1. The molecule has 4 heteroatoms. The third-order valence-corrected chi connectivity index (χ3v) is 4.12. The topological polar surface area (TPSA) is 64.3 Å². The first kappa shape index (κ1) is 16.5. The minimum atomic E-state index is -0.301. The molecule has 0 aliphatic rings. The lowest BCUT2D eigenvalue weighted by molar-refractivity contribution is -0.124. The second-order valence-electron chi connectivity index (χ2n) is 5.18. The van der Waals surface area contributed by atoms with Gasteiger partial charge in [-0.3, -0.25) is 4.79 Å². The van der Waals surface area contributed by atoms with Gasteiger partial charge in [0.15, 0.2) is 0 Å². The molecule has 4 nitrogen and oxygen atoms in total. The molecule has 1 atom stereocenters.